The number of ether oxygens (including phenoxy) is 1. The summed E-state index contributed by atoms with van der Waals surface area (Å²) in [5, 5.41) is 0. The van der Waals surface area contributed by atoms with Crippen LogP contribution in [0.1, 0.15) is 27.7 Å². The van der Waals surface area contributed by atoms with Gasteiger partial charge in [-0.15, -0.1) is 0 Å². The Morgan fingerprint density at radius 3 is 2.31 bits per heavy atom. The van der Waals surface area contributed by atoms with Crippen molar-refractivity contribution in [1.82, 2.24) is 4.90 Å². The first-order valence-corrected chi connectivity index (χ1v) is 5.00. The smallest absolute Gasteiger partial charge is 0.0645 e. The molecule has 1 aliphatic heterocycles. The summed E-state index contributed by atoms with van der Waals surface area (Å²) >= 11 is 0. The van der Waals surface area contributed by atoms with Crippen molar-refractivity contribution in [3.05, 3.63) is 12.2 Å². The molecular formula is C11H21NO. The zero-order valence-corrected chi connectivity index (χ0v) is 9.26. The van der Waals surface area contributed by atoms with Gasteiger partial charge in [-0.3, -0.25) is 4.90 Å². The molecule has 2 heteroatoms. The Kier molecular flexibility index (Phi) is 3.14. The Morgan fingerprint density at radius 1 is 1.54 bits per heavy atom. The third-order valence-corrected chi connectivity index (χ3v) is 3.16. The molecule has 0 bridgehead atoms. The maximum absolute atomic E-state index is 5.22. The maximum Gasteiger partial charge on any atom is 0.0645 e. The van der Waals surface area contributed by atoms with Gasteiger partial charge in [0.25, 0.3) is 0 Å². The molecule has 1 saturated heterocycles. The van der Waals surface area contributed by atoms with Crippen LogP contribution in [-0.2, 0) is 4.74 Å². The molecule has 0 aromatic rings. The van der Waals surface area contributed by atoms with Gasteiger partial charge in [0.2, 0.25) is 0 Å². The second kappa shape index (κ2) is 3.81. The first-order chi connectivity index (χ1) is 6.00. The van der Waals surface area contributed by atoms with E-state index in [4.69, 9.17) is 4.74 Å². The lowest BCUT2D eigenvalue weighted by molar-refractivity contribution is -0.0879. The van der Waals surface area contributed by atoms with Crippen LogP contribution in [0.15, 0.2) is 12.2 Å². The molecule has 0 aliphatic carbocycles. The van der Waals surface area contributed by atoms with Crippen LogP contribution in [0.25, 0.3) is 0 Å². The first kappa shape index (κ1) is 10.7. The van der Waals surface area contributed by atoms with Gasteiger partial charge < -0.3 is 4.74 Å². The van der Waals surface area contributed by atoms with Crippen LogP contribution < -0.4 is 0 Å². The summed E-state index contributed by atoms with van der Waals surface area (Å²) in [5.41, 5.74) is 1.32. The molecule has 1 fully saturated rings. The SMILES string of the molecule is C=C(C)C(C)(C)N(CC)C1COC1. The molecule has 0 aromatic carbocycles. The lowest BCUT2D eigenvalue weighted by atomic mass is 9.92. The lowest BCUT2D eigenvalue weighted by Crippen LogP contribution is -2.57. The van der Waals surface area contributed by atoms with Gasteiger partial charge in [-0.05, 0) is 27.3 Å². The summed E-state index contributed by atoms with van der Waals surface area (Å²) in [6, 6.07) is 0.594. The van der Waals surface area contributed by atoms with Crippen LogP contribution in [0.5, 0.6) is 0 Å². The van der Waals surface area contributed by atoms with Crippen molar-refractivity contribution in [2.45, 2.75) is 39.3 Å². The quantitative estimate of drug-likeness (QED) is 0.619. The number of rotatable bonds is 4. The van der Waals surface area contributed by atoms with E-state index in [2.05, 4.69) is 39.2 Å². The average Bonchev–Trinajstić information content (AvgIpc) is 1.95. The fourth-order valence-electron chi connectivity index (χ4n) is 1.76. The fraction of sp³-hybridized carbons (Fsp3) is 0.818. The van der Waals surface area contributed by atoms with E-state index in [1.165, 1.54) is 5.57 Å². The van der Waals surface area contributed by atoms with Gasteiger partial charge in [0, 0.05) is 5.54 Å². The molecule has 76 valence electrons. The summed E-state index contributed by atoms with van der Waals surface area (Å²) in [5.74, 6) is 0. The topological polar surface area (TPSA) is 12.5 Å². The van der Waals surface area contributed by atoms with Crippen molar-refractivity contribution in [3.8, 4) is 0 Å². The molecule has 0 aromatic heterocycles. The summed E-state index contributed by atoms with van der Waals surface area (Å²) in [4.78, 5) is 2.47. The Labute approximate surface area is 81.6 Å². The van der Waals surface area contributed by atoms with Crippen molar-refractivity contribution < 1.29 is 4.74 Å². The zero-order chi connectivity index (χ0) is 10.1. The van der Waals surface area contributed by atoms with E-state index in [-0.39, 0.29) is 5.54 Å². The molecule has 0 atom stereocenters. The Balaban J connectivity index is 2.68. The van der Waals surface area contributed by atoms with Crippen molar-refractivity contribution in [3.63, 3.8) is 0 Å². The predicted octanol–water partition coefficient (Wildman–Crippen LogP) is 2.06. The molecule has 0 spiro atoms. The van der Waals surface area contributed by atoms with Crippen LogP contribution in [0.3, 0.4) is 0 Å². The van der Waals surface area contributed by atoms with Gasteiger partial charge in [0.15, 0.2) is 0 Å². The highest BCUT2D eigenvalue weighted by atomic mass is 16.5. The van der Waals surface area contributed by atoms with Crippen molar-refractivity contribution in [2.24, 2.45) is 0 Å². The van der Waals surface area contributed by atoms with E-state index < -0.39 is 0 Å². The van der Waals surface area contributed by atoms with E-state index >= 15 is 0 Å². The van der Waals surface area contributed by atoms with Gasteiger partial charge in [-0.1, -0.05) is 19.1 Å². The second-order valence-corrected chi connectivity index (χ2v) is 4.32. The van der Waals surface area contributed by atoms with Crippen molar-refractivity contribution in [1.29, 1.82) is 0 Å². The van der Waals surface area contributed by atoms with Crippen LogP contribution >= 0.6 is 0 Å². The van der Waals surface area contributed by atoms with Gasteiger partial charge in [-0.25, -0.2) is 0 Å². The first-order valence-electron chi connectivity index (χ1n) is 5.00. The maximum atomic E-state index is 5.22. The number of hydrogen-bond donors (Lipinski definition) is 0. The van der Waals surface area contributed by atoms with Gasteiger partial charge >= 0.3 is 0 Å². The molecule has 2 nitrogen and oxygen atoms in total. The number of likely N-dealkylation sites (N-methyl/N-ethyl adjacent to an activating group) is 1. The highest BCUT2D eigenvalue weighted by molar-refractivity contribution is 5.12. The van der Waals surface area contributed by atoms with E-state index in [1.54, 1.807) is 0 Å². The second-order valence-electron chi connectivity index (χ2n) is 4.32. The van der Waals surface area contributed by atoms with Crippen LogP contribution in [0.2, 0.25) is 0 Å². The normalized spacial score (nSPS) is 18.8. The minimum absolute atomic E-state index is 0.100. The number of hydrogen-bond acceptors (Lipinski definition) is 2. The molecule has 0 unspecified atom stereocenters. The summed E-state index contributed by atoms with van der Waals surface area (Å²) < 4.78 is 5.22. The monoisotopic (exact) mass is 183 g/mol. The summed E-state index contributed by atoms with van der Waals surface area (Å²) in [6.45, 7) is 15.6. The Morgan fingerprint density at radius 2 is 2.08 bits per heavy atom. The van der Waals surface area contributed by atoms with E-state index in [1.807, 2.05) is 0 Å². The zero-order valence-electron chi connectivity index (χ0n) is 9.26. The molecule has 1 heterocycles. The highest BCUT2D eigenvalue weighted by Crippen LogP contribution is 2.27. The van der Waals surface area contributed by atoms with Crippen LogP contribution in [0, 0.1) is 0 Å². The van der Waals surface area contributed by atoms with E-state index in [9.17, 15) is 0 Å². The third kappa shape index (κ3) is 1.94. The van der Waals surface area contributed by atoms with E-state index in [0.717, 1.165) is 19.8 Å². The summed E-state index contributed by atoms with van der Waals surface area (Å²) in [6.07, 6.45) is 0. The Hall–Kier alpha value is -0.340. The molecule has 0 radical (unpaired) electrons. The van der Waals surface area contributed by atoms with Crippen LogP contribution in [-0.4, -0.2) is 36.2 Å². The molecule has 13 heavy (non-hydrogen) atoms. The van der Waals surface area contributed by atoms with Crippen molar-refractivity contribution in [2.75, 3.05) is 19.8 Å². The minimum atomic E-state index is 0.100. The standard InChI is InChI=1S/C11H21NO/c1-6-12(10-7-13-8-10)11(4,5)9(2)3/h10H,2,6-8H2,1,3-5H3. The summed E-state index contributed by atoms with van der Waals surface area (Å²) in [7, 11) is 0. The molecule has 1 aliphatic rings. The molecule has 0 N–H and O–H groups in total. The van der Waals surface area contributed by atoms with Gasteiger partial charge in [0.1, 0.15) is 0 Å². The molecule has 0 amide bonds. The average molecular weight is 183 g/mol. The van der Waals surface area contributed by atoms with Gasteiger partial charge in [-0.2, -0.15) is 0 Å². The Bertz CT molecular complexity index is 194. The highest BCUT2D eigenvalue weighted by Gasteiger charge is 2.35. The van der Waals surface area contributed by atoms with Crippen LogP contribution in [0.4, 0.5) is 0 Å². The predicted molar refractivity (Wildman–Crippen MR) is 55.9 cm³/mol. The fourth-order valence-corrected chi connectivity index (χ4v) is 1.76. The van der Waals surface area contributed by atoms with Crippen molar-refractivity contribution >= 4 is 0 Å². The molecule has 1 rings (SSSR count). The third-order valence-electron chi connectivity index (χ3n) is 3.16. The molecule has 0 saturated carbocycles. The van der Waals surface area contributed by atoms with E-state index in [0.29, 0.717) is 6.04 Å². The lowest BCUT2D eigenvalue weighted by Gasteiger charge is -2.47. The minimum Gasteiger partial charge on any atom is -0.378 e. The number of nitrogens with zero attached hydrogens (tertiary/aromatic N) is 1. The molecular weight excluding hydrogens is 162 g/mol. The largest absolute Gasteiger partial charge is 0.378 e. The van der Waals surface area contributed by atoms with Gasteiger partial charge in [0.05, 0.1) is 19.3 Å².